The largest absolute Gasteiger partial charge is 0.288 e. The first-order valence-corrected chi connectivity index (χ1v) is 13.3. The number of hydrogen-bond donors (Lipinski definition) is 0. The Labute approximate surface area is 222 Å². The Hall–Kier alpha value is -3.53. The molecule has 0 aliphatic rings. The maximum absolute atomic E-state index is 13.7. The number of aryl methyl sites for hydroxylation is 3. The van der Waals surface area contributed by atoms with Gasteiger partial charge in [-0.05, 0) is 66.8 Å². The molecule has 1 heterocycles. The van der Waals surface area contributed by atoms with Crippen molar-refractivity contribution in [1.29, 1.82) is 5.26 Å². The number of carbonyl (C=O) groups is 1. The van der Waals surface area contributed by atoms with E-state index in [1.807, 2.05) is 68.4 Å². The number of halogens is 1. The fourth-order valence-electron chi connectivity index (χ4n) is 3.99. The van der Waals surface area contributed by atoms with Gasteiger partial charge in [-0.15, -0.1) is 11.3 Å². The van der Waals surface area contributed by atoms with Crippen LogP contribution in [-0.4, -0.2) is 10.4 Å². The maximum Gasteiger partial charge on any atom is 0.273 e. The Bertz CT molecular complexity index is 1650. The molecule has 0 fully saturated rings. The van der Waals surface area contributed by atoms with Crippen LogP contribution in [0.2, 0.25) is 0 Å². The second-order valence-corrected chi connectivity index (χ2v) is 10.6. The standard InChI is InChI=1S/C30H25BrN2O2S/c1-4-5-21-8-12-23(13-9-21)28(34)25(18-32)30-33(26-16-19(2)6-7-20(26)3)29(35)27(36-30)17-22-10-14-24(31)15-11-22/h6-17H,4-5H2,1-3H3/b27-17-,30-25-. The summed E-state index contributed by atoms with van der Waals surface area (Å²) in [4.78, 5) is 27.2. The molecule has 0 saturated carbocycles. The second kappa shape index (κ2) is 11.0. The van der Waals surface area contributed by atoms with Crippen LogP contribution < -0.4 is 14.8 Å². The molecule has 0 radical (unpaired) electrons. The fraction of sp³-hybridized carbons (Fsp3) is 0.167. The van der Waals surface area contributed by atoms with Crippen LogP contribution in [0.5, 0.6) is 0 Å². The van der Waals surface area contributed by atoms with Crippen LogP contribution in [0.25, 0.3) is 17.3 Å². The minimum Gasteiger partial charge on any atom is -0.288 e. The lowest BCUT2D eigenvalue weighted by atomic mass is 10.0. The summed E-state index contributed by atoms with van der Waals surface area (Å²) in [6.07, 6.45) is 3.73. The number of nitriles is 1. The van der Waals surface area contributed by atoms with E-state index >= 15 is 0 Å². The summed E-state index contributed by atoms with van der Waals surface area (Å²) in [5.41, 5.74) is 4.65. The van der Waals surface area contributed by atoms with Crippen LogP contribution in [0.15, 0.2) is 76.0 Å². The monoisotopic (exact) mass is 556 g/mol. The molecule has 0 aliphatic carbocycles. The summed E-state index contributed by atoms with van der Waals surface area (Å²) in [7, 11) is 0. The van der Waals surface area contributed by atoms with E-state index < -0.39 is 5.78 Å². The van der Waals surface area contributed by atoms with E-state index in [2.05, 4.69) is 28.9 Å². The predicted octanol–water partition coefficient (Wildman–Crippen LogP) is 5.62. The zero-order valence-corrected chi connectivity index (χ0v) is 22.7. The molecule has 0 aliphatic heterocycles. The van der Waals surface area contributed by atoms with Crippen molar-refractivity contribution >= 4 is 44.7 Å². The Morgan fingerprint density at radius 2 is 1.75 bits per heavy atom. The number of Topliss-reactive ketones (excluding diaryl/α,β-unsaturated/α-hetero) is 1. The number of aromatic nitrogens is 1. The molecular formula is C30H25BrN2O2S. The molecule has 1 aromatic heterocycles. The number of carbonyl (C=O) groups excluding carboxylic acids is 1. The van der Waals surface area contributed by atoms with Gasteiger partial charge in [-0.2, -0.15) is 5.26 Å². The molecule has 0 N–H and O–H groups in total. The number of rotatable bonds is 6. The normalized spacial score (nSPS) is 12.4. The number of thiazole rings is 1. The number of hydrogen-bond acceptors (Lipinski definition) is 4. The van der Waals surface area contributed by atoms with Crippen molar-refractivity contribution in [2.75, 3.05) is 0 Å². The summed E-state index contributed by atoms with van der Waals surface area (Å²) in [5.74, 6) is -0.393. The second-order valence-electron chi connectivity index (χ2n) is 8.66. The molecule has 36 heavy (non-hydrogen) atoms. The highest BCUT2D eigenvalue weighted by Gasteiger charge is 2.19. The van der Waals surface area contributed by atoms with Gasteiger partial charge in [0.1, 0.15) is 16.3 Å². The highest BCUT2D eigenvalue weighted by molar-refractivity contribution is 9.10. The third-order valence-electron chi connectivity index (χ3n) is 5.90. The van der Waals surface area contributed by atoms with Gasteiger partial charge in [-0.1, -0.05) is 77.8 Å². The summed E-state index contributed by atoms with van der Waals surface area (Å²) in [5, 5.41) is 10.1. The summed E-state index contributed by atoms with van der Waals surface area (Å²) in [6, 6.07) is 22.9. The van der Waals surface area contributed by atoms with E-state index in [0.29, 0.717) is 20.4 Å². The molecule has 0 atom stereocenters. The van der Waals surface area contributed by atoms with E-state index in [4.69, 9.17) is 0 Å². The van der Waals surface area contributed by atoms with E-state index in [1.54, 1.807) is 18.2 Å². The molecule has 4 aromatic rings. The SMILES string of the molecule is CCCc1ccc(C(=O)/C(C#N)=c2\s/c(=C\c3ccc(Br)cc3)c(=O)n2-c2cc(C)ccc2C)cc1. The van der Waals surface area contributed by atoms with Crippen LogP contribution in [-0.2, 0) is 6.42 Å². The Kier molecular flexibility index (Phi) is 7.83. The van der Waals surface area contributed by atoms with Crippen molar-refractivity contribution in [2.24, 2.45) is 0 Å². The van der Waals surface area contributed by atoms with Crippen molar-refractivity contribution < 1.29 is 4.79 Å². The van der Waals surface area contributed by atoms with Crippen LogP contribution in [0.1, 0.15) is 46.0 Å². The van der Waals surface area contributed by atoms with Crippen molar-refractivity contribution in [3.63, 3.8) is 0 Å². The first kappa shape index (κ1) is 25.6. The lowest BCUT2D eigenvalue weighted by Crippen LogP contribution is -2.32. The van der Waals surface area contributed by atoms with Gasteiger partial charge in [-0.3, -0.25) is 14.2 Å². The summed E-state index contributed by atoms with van der Waals surface area (Å²) < 4.78 is 3.24. The number of benzene rings is 3. The van der Waals surface area contributed by atoms with E-state index in [-0.39, 0.29) is 11.1 Å². The smallest absolute Gasteiger partial charge is 0.273 e. The predicted molar refractivity (Wildman–Crippen MR) is 150 cm³/mol. The van der Waals surface area contributed by atoms with Gasteiger partial charge >= 0.3 is 0 Å². The highest BCUT2D eigenvalue weighted by atomic mass is 79.9. The molecule has 4 nitrogen and oxygen atoms in total. The average Bonchev–Trinajstić information content (AvgIpc) is 3.18. The quantitative estimate of drug-likeness (QED) is 0.290. The van der Waals surface area contributed by atoms with Crippen molar-refractivity contribution in [2.45, 2.75) is 33.6 Å². The fourth-order valence-corrected chi connectivity index (χ4v) is 5.35. The minimum atomic E-state index is -0.393. The summed E-state index contributed by atoms with van der Waals surface area (Å²) >= 11 is 4.60. The van der Waals surface area contributed by atoms with E-state index in [0.717, 1.165) is 50.9 Å². The highest BCUT2D eigenvalue weighted by Crippen LogP contribution is 2.16. The van der Waals surface area contributed by atoms with Gasteiger partial charge in [0, 0.05) is 10.0 Å². The Morgan fingerprint density at radius 1 is 1.06 bits per heavy atom. The van der Waals surface area contributed by atoms with Gasteiger partial charge in [0.05, 0.1) is 10.2 Å². The number of nitrogens with zero attached hydrogens (tertiary/aromatic N) is 2. The van der Waals surface area contributed by atoms with Gasteiger partial charge in [0.2, 0.25) is 5.78 Å². The molecule has 0 bridgehead atoms. The molecule has 0 saturated heterocycles. The van der Waals surface area contributed by atoms with Crippen molar-refractivity contribution in [3.8, 4) is 11.8 Å². The van der Waals surface area contributed by atoms with Crippen LogP contribution in [0.3, 0.4) is 0 Å². The molecular weight excluding hydrogens is 532 g/mol. The zero-order chi connectivity index (χ0) is 25.8. The third-order valence-corrected chi connectivity index (χ3v) is 7.53. The lowest BCUT2D eigenvalue weighted by Gasteiger charge is -2.09. The maximum atomic E-state index is 13.7. The zero-order valence-electron chi connectivity index (χ0n) is 20.3. The van der Waals surface area contributed by atoms with E-state index in [1.165, 1.54) is 4.57 Å². The molecule has 4 rings (SSSR count). The first-order valence-electron chi connectivity index (χ1n) is 11.7. The molecule has 0 amide bonds. The van der Waals surface area contributed by atoms with Gasteiger partial charge in [-0.25, -0.2) is 0 Å². The molecule has 6 heteroatoms. The van der Waals surface area contributed by atoms with Crippen molar-refractivity contribution in [1.82, 2.24) is 4.57 Å². The molecule has 180 valence electrons. The Balaban J connectivity index is 2.01. The molecule has 3 aromatic carbocycles. The number of ketones is 1. The molecule has 0 unspecified atom stereocenters. The molecule has 0 spiro atoms. The van der Waals surface area contributed by atoms with Gasteiger partial charge < -0.3 is 0 Å². The van der Waals surface area contributed by atoms with Crippen LogP contribution >= 0.6 is 27.3 Å². The van der Waals surface area contributed by atoms with Crippen molar-refractivity contribution in [3.05, 3.63) is 119 Å². The average molecular weight is 558 g/mol. The van der Waals surface area contributed by atoms with Gasteiger partial charge in [0.15, 0.2) is 0 Å². The van der Waals surface area contributed by atoms with Crippen LogP contribution in [0.4, 0.5) is 0 Å². The minimum absolute atomic E-state index is 0.0447. The first-order chi connectivity index (χ1) is 17.3. The third kappa shape index (κ3) is 5.33. The van der Waals surface area contributed by atoms with Gasteiger partial charge in [0.25, 0.3) is 5.56 Å². The van der Waals surface area contributed by atoms with Crippen LogP contribution in [0, 0.1) is 25.2 Å². The summed E-state index contributed by atoms with van der Waals surface area (Å²) in [6.45, 7) is 5.97. The van der Waals surface area contributed by atoms with E-state index in [9.17, 15) is 14.9 Å². The topological polar surface area (TPSA) is 62.9 Å². The lowest BCUT2D eigenvalue weighted by molar-refractivity contribution is 0.105. The Morgan fingerprint density at radius 3 is 2.39 bits per heavy atom.